The number of ketones is 1. The summed E-state index contributed by atoms with van der Waals surface area (Å²) in [6, 6.07) is 10.6. The fourth-order valence-corrected chi connectivity index (χ4v) is 1.81. The van der Waals surface area contributed by atoms with Gasteiger partial charge in [-0.2, -0.15) is 0 Å². The number of benzene rings is 1. The smallest absolute Gasteiger partial charge is 0.292 e. The molecule has 1 amide bonds. The molecule has 0 atom stereocenters. The minimum atomic E-state index is -0.626. The number of furan rings is 1. The highest BCUT2D eigenvalue weighted by molar-refractivity contribution is 6.42. The Kier molecular flexibility index (Phi) is 4.35. The van der Waals surface area contributed by atoms with Crippen LogP contribution in [0.4, 0.5) is 0 Å². The Labute approximate surface area is 117 Å². The van der Waals surface area contributed by atoms with Crippen molar-refractivity contribution >= 4 is 11.7 Å². The van der Waals surface area contributed by atoms with Crippen LogP contribution in [0.3, 0.4) is 0 Å². The van der Waals surface area contributed by atoms with E-state index in [1.807, 2.05) is 12.1 Å². The second kappa shape index (κ2) is 6.19. The van der Waals surface area contributed by atoms with Crippen molar-refractivity contribution in [3.63, 3.8) is 0 Å². The molecular formula is C16H17NO3. The Bertz CT molecular complexity index is 583. The van der Waals surface area contributed by atoms with E-state index in [2.05, 4.69) is 19.2 Å². The number of hydrogen-bond acceptors (Lipinski definition) is 3. The molecule has 20 heavy (non-hydrogen) atoms. The van der Waals surface area contributed by atoms with Gasteiger partial charge < -0.3 is 9.73 Å². The molecule has 2 rings (SSSR count). The molecule has 0 saturated heterocycles. The molecule has 0 aliphatic heterocycles. The Hall–Kier alpha value is -2.36. The van der Waals surface area contributed by atoms with E-state index in [4.69, 9.17) is 4.42 Å². The summed E-state index contributed by atoms with van der Waals surface area (Å²) in [5, 5.41) is 2.54. The quantitative estimate of drug-likeness (QED) is 0.672. The van der Waals surface area contributed by atoms with Gasteiger partial charge in [0.05, 0.1) is 12.8 Å². The third kappa shape index (κ3) is 3.35. The minimum Gasteiger partial charge on any atom is -0.467 e. The molecule has 1 aromatic heterocycles. The number of Topliss-reactive ketones (excluding diaryl/α,β-unsaturated/α-hetero) is 1. The Morgan fingerprint density at radius 1 is 1.15 bits per heavy atom. The third-order valence-electron chi connectivity index (χ3n) is 3.05. The number of nitrogens with one attached hydrogen (secondary N) is 1. The van der Waals surface area contributed by atoms with Crippen molar-refractivity contribution in [2.24, 2.45) is 0 Å². The standard InChI is InChI=1S/C16H17NO3/c1-11(2)12-5-7-13(8-6-12)15(18)16(19)17-10-14-4-3-9-20-14/h3-9,11H,10H2,1-2H3,(H,17,19). The van der Waals surface area contributed by atoms with E-state index in [-0.39, 0.29) is 6.54 Å². The van der Waals surface area contributed by atoms with Gasteiger partial charge in [0.2, 0.25) is 5.78 Å². The zero-order valence-electron chi connectivity index (χ0n) is 11.6. The molecule has 104 valence electrons. The van der Waals surface area contributed by atoms with Crippen LogP contribution in [0.1, 0.15) is 41.4 Å². The number of rotatable bonds is 5. The van der Waals surface area contributed by atoms with Gasteiger partial charge >= 0.3 is 0 Å². The molecular weight excluding hydrogens is 254 g/mol. The summed E-state index contributed by atoms with van der Waals surface area (Å²) >= 11 is 0. The molecule has 0 spiro atoms. The molecule has 0 fully saturated rings. The summed E-state index contributed by atoms with van der Waals surface area (Å²) in [5.41, 5.74) is 1.53. The highest BCUT2D eigenvalue weighted by Crippen LogP contribution is 2.15. The summed E-state index contributed by atoms with van der Waals surface area (Å²) in [6.45, 7) is 4.36. The molecule has 4 heteroatoms. The Morgan fingerprint density at radius 3 is 2.40 bits per heavy atom. The maximum Gasteiger partial charge on any atom is 0.292 e. The molecule has 0 unspecified atom stereocenters. The van der Waals surface area contributed by atoms with E-state index in [1.165, 1.54) is 6.26 Å². The molecule has 0 bridgehead atoms. The van der Waals surface area contributed by atoms with Gasteiger partial charge in [-0.05, 0) is 23.6 Å². The van der Waals surface area contributed by atoms with Crippen LogP contribution in [-0.2, 0) is 11.3 Å². The van der Waals surface area contributed by atoms with Crippen LogP contribution in [0, 0.1) is 0 Å². The molecule has 1 heterocycles. The van der Waals surface area contributed by atoms with E-state index >= 15 is 0 Å². The van der Waals surface area contributed by atoms with Gasteiger partial charge in [-0.1, -0.05) is 38.1 Å². The minimum absolute atomic E-state index is 0.210. The number of amides is 1. The predicted molar refractivity (Wildman–Crippen MR) is 75.4 cm³/mol. The largest absolute Gasteiger partial charge is 0.467 e. The van der Waals surface area contributed by atoms with Crippen molar-refractivity contribution in [3.05, 3.63) is 59.5 Å². The fraction of sp³-hybridized carbons (Fsp3) is 0.250. The molecule has 4 nitrogen and oxygen atoms in total. The van der Waals surface area contributed by atoms with Crippen molar-refractivity contribution in [2.45, 2.75) is 26.3 Å². The third-order valence-corrected chi connectivity index (χ3v) is 3.05. The molecule has 0 radical (unpaired) electrons. The summed E-state index contributed by atoms with van der Waals surface area (Å²) in [6.07, 6.45) is 1.52. The zero-order valence-corrected chi connectivity index (χ0v) is 11.6. The van der Waals surface area contributed by atoms with Crippen molar-refractivity contribution in [3.8, 4) is 0 Å². The average molecular weight is 271 g/mol. The summed E-state index contributed by atoms with van der Waals surface area (Å²) < 4.78 is 5.09. The lowest BCUT2D eigenvalue weighted by molar-refractivity contribution is -0.117. The van der Waals surface area contributed by atoms with Crippen LogP contribution in [0.25, 0.3) is 0 Å². The van der Waals surface area contributed by atoms with Crippen LogP contribution in [-0.4, -0.2) is 11.7 Å². The lowest BCUT2D eigenvalue weighted by atomic mass is 10.0. The second-order valence-electron chi connectivity index (χ2n) is 4.87. The van der Waals surface area contributed by atoms with Crippen molar-refractivity contribution < 1.29 is 14.0 Å². The molecule has 0 aliphatic carbocycles. The van der Waals surface area contributed by atoms with E-state index in [0.717, 1.165) is 5.56 Å². The van der Waals surface area contributed by atoms with E-state index in [0.29, 0.717) is 17.2 Å². The highest BCUT2D eigenvalue weighted by Gasteiger charge is 2.16. The molecule has 1 N–H and O–H groups in total. The van der Waals surface area contributed by atoms with Gasteiger partial charge in [-0.3, -0.25) is 9.59 Å². The predicted octanol–water partition coefficient (Wildman–Crippen LogP) is 2.90. The van der Waals surface area contributed by atoms with Crippen LogP contribution in [0.2, 0.25) is 0 Å². The average Bonchev–Trinajstić information content (AvgIpc) is 2.97. The van der Waals surface area contributed by atoms with Crippen molar-refractivity contribution in [2.75, 3.05) is 0 Å². The number of carbonyl (C=O) groups excluding carboxylic acids is 2. The molecule has 0 aliphatic rings. The van der Waals surface area contributed by atoms with Gasteiger partial charge in [-0.25, -0.2) is 0 Å². The van der Waals surface area contributed by atoms with Crippen LogP contribution in [0.15, 0.2) is 47.1 Å². The normalized spacial score (nSPS) is 10.6. The summed E-state index contributed by atoms with van der Waals surface area (Å²) in [5.74, 6) is -0.154. The van der Waals surface area contributed by atoms with Gasteiger partial charge in [0, 0.05) is 5.56 Å². The van der Waals surface area contributed by atoms with Crippen LogP contribution in [0.5, 0.6) is 0 Å². The zero-order chi connectivity index (χ0) is 14.5. The monoisotopic (exact) mass is 271 g/mol. The lowest BCUT2D eigenvalue weighted by Gasteiger charge is -2.06. The summed E-state index contributed by atoms with van der Waals surface area (Å²) in [4.78, 5) is 23.7. The maximum absolute atomic E-state index is 11.9. The van der Waals surface area contributed by atoms with Gasteiger partial charge in [0.1, 0.15) is 5.76 Å². The Balaban J connectivity index is 1.97. The molecule has 1 aromatic carbocycles. The lowest BCUT2D eigenvalue weighted by Crippen LogP contribution is -2.30. The Morgan fingerprint density at radius 2 is 1.85 bits per heavy atom. The van der Waals surface area contributed by atoms with Crippen molar-refractivity contribution in [1.82, 2.24) is 5.32 Å². The van der Waals surface area contributed by atoms with Gasteiger partial charge in [-0.15, -0.1) is 0 Å². The first-order chi connectivity index (χ1) is 9.58. The SMILES string of the molecule is CC(C)c1ccc(C(=O)C(=O)NCc2ccco2)cc1. The topological polar surface area (TPSA) is 59.3 Å². The van der Waals surface area contributed by atoms with Gasteiger partial charge in [0.15, 0.2) is 0 Å². The van der Waals surface area contributed by atoms with E-state index < -0.39 is 11.7 Å². The molecule has 0 saturated carbocycles. The number of carbonyl (C=O) groups is 2. The van der Waals surface area contributed by atoms with E-state index in [9.17, 15) is 9.59 Å². The molecule has 2 aromatic rings. The second-order valence-corrected chi connectivity index (χ2v) is 4.87. The van der Waals surface area contributed by atoms with Gasteiger partial charge in [0.25, 0.3) is 5.91 Å². The first-order valence-corrected chi connectivity index (χ1v) is 6.53. The summed E-state index contributed by atoms with van der Waals surface area (Å²) in [7, 11) is 0. The van der Waals surface area contributed by atoms with E-state index in [1.54, 1.807) is 24.3 Å². The van der Waals surface area contributed by atoms with Crippen LogP contribution < -0.4 is 5.32 Å². The first kappa shape index (κ1) is 14.1. The first-order valence-electron chi connectivity index (χ1n) is 6.53. The number of hydrogen-bond donors (Lipinski definition) is 1. The van der Waals surface area contributed by atoms with Crippen LogP contribution >= 0.6 is 0 Å². The maximum atomic E-state index is 11.9. The highest BCUT2D eigenvalue weighted by atomic mass is 16.3. The fourth-order valence-electron chi connectivity index (χ4n) is 1.81. The van der Waals surface area contributed by atoms with Crippen molar-refractivity contribution in [1.29, 1.82) is 0 Å².